The van der Waals surface area contributed by atoms with E-state index in [-0.39, 0.29) is 5.91 Å². The van der Waals surface area contributed by atoms with Crippen molar-refractivity contribution in [3.05, 3.63) is 63.6 Å². The molecule has 3 aromatic rings. The SMILES string of the molecule is Cc1cccc(NC(=O)CCc2ccc3oc(=O)[nH]c3c2)c1C. The van der Waals surface area contributed by atoms with E-state index in [0.717, 1.165) is 22.4 Å². The number of carbonyl (C=O) groups is 1. The molecule has 2 aromatic carbocycles. The number of aromatic nitrogens is 1. The third-order valence-corrected chi connectivity index (χ3v) is 4.00. The Balaban J connectivity index is 1.65. The van der Waals surface area contributed by atoms with Gasteiger partial charge in [0.1, 0.15) is 0 Å². The van der Waals surface area contributed by atoms with E-state index in [0.29, 0.717) is 23.9 Å². The summed E-state index contributed by atoms with van der Waals surface area (Å²) in [5.74, 6) is -0.496. The Morgan fingerprint density at radius 2 is 2.04 bits per heavy atom. The summed E-state index contributed by atoms with van der Waals surface area (Å²) < 4.78 is 4.96. The molecule has 0 radical (unpaired) electrons. The van der Waals surface area contributed by atoms with E-state index < -0.39 is 5.76 Å². The number of benzene rings is 2. The van der Waals surface area contributed by atoms with E-state index in [9.17, 15) is 9.59 Å². The van der Waals surface area contributed by atoms with Crippen molar-refractivity contribution in [2.24, 2.45) is 0 Å². The zero-order chi connectivity index (χ0) is 16.4. The van der Waals surface area contributed by atoms with Crippen LogP contribution >= 0.6 is 0 Å². The number of oxazole rings is 1. The first kappa shape index (κ1) is 15.1. The number of hydrogen-bond acceptors (Lipinski definition) is 3. The second kappa shape index (κ2) is 6.12. The molecule has 5 nitrogen and oxygen atoms in total. The largest absolute Gasteiger partial charge is 0.417 e. The number of fused-ring (bicyclic) bond motifs is 1. The molecule has 3 rings (SSSR count). The number of hydrogen-bond donors (Lipinski definition) is 2. The van der Waals surface area contributed by atoms with Gasteiger partial charge in [-0.2, -0.15) is 0 Å². The van der Waals surface area contributed by atoms with Gasteiger partial charge in [0.25, 0.3) is 0 Å². The van der Waals surface area contributed by atoms with Gasteiger partial charge in [-0.1, -0.05) is 18.2 Å². The predicted molar refractivity (Wildman–Crippen MR) is 89.7 cm³/mol. The molecule has 0 aliphatic rings. The van der Waals surface area contributed by atoms with Gasteiger partial charge in [0.05, 0.1) is 5.52 Å². The third-order valence-electron chi connectivity index (χ3n) is 4.00. The minimum absolute atomic E-state index is 0.0283. The molecular formula is C18H18N2O3. The summed E-state index contributed by atoms with van der Waals surface area (Å²) >= 11 is 0. The first-order valence-electron chi connectivity index (χ1n) is 7.51. The van der Waals surface area contributed by atoms with Crippen LogP contribution in [0.1, 0.15) is 23.1 Å². The van der Waals surface area contributed by atoms with Crippen LogP contribution in [0.2, 0.25) is 0 Å². The molecule has 0 spiro atoms. The highest BCUT2D eigenvalue weighted by Crippen LogP contribution is 2.19. The topological polar surface area (TPSA) is 75.1 Å². The van der Waals surface area contributed by atoms with Crippen molar-refractivity contribution in [1.82, 2.24) is 4.98 Å². The van der Waals surface area contributed by atoms with Crippen LogP contribution in [0.25, 0.3) is 11.1 Å². The number of aryl methyl sites for hydroxylation is 2. The summed E-state index contributed by atoms with van der Waals surface area (Å²) in [5.41, 5.74) is 5.24. The number of anilines is 1. The van der Waals surface area contributed by atoms with Crippen LogP contribution in [0.3, 0.4) is 0 Å². The minimum atomic E-state index is -0.468. The average molecular weight is 310 g/mol. The lowest BCUT2D eigenvalue weighted by atomic mass is 10.1. The standard InChI is InChI=1S/C18H18N2O3/c1-11-4-3-5-14(12(11)2)19-17(21)9-7-13-6-8-16-15(10-13)20-18(22)23-16/h3-6,8,10H,7,9H2,1-2H3,(H,19,21)(H,20,22). The van der Waals surface area contributed by atoms with Gasteiger partial charge in [0.15, 0.2) is 5.58 Å². The molecule has 0 saturated carbocycles. The van der Waals surface area contributed by atoms with Crippen molar-refractivity contribution in [2.75, 3.05) is 5.32 Å². The number of carbonyl (C=O) groups excluding carboxylic acids is 1. The lowest BCUT2D eigenvalue weighted by Gasteiger charge is -2.10. The molecule has 0 saturated heterocycles. The first-order valence-corrected chi connectivity index (χ1v) is 7.51. The molecular weight excluding hydrogens is 292 g/mol. The van der Waals surface area contributed by atoms with Crippen LogP contribution in [0.15, 0.2) is 45.6 Å². The van der Waals surface area contributed by atoms with Crippen LogP contribution < -0.4 is 11.1 Å². The maximum Gasteiger partial charge on any atom is 0.417 e. The Hall–Kier alpha value is -2.82. The van der Waals surface area contributed by atoms with E-state index in [4.69, 9.17) is 4.42 Å². The molecule has 0 aliphatic carbocycles. The smallest absolute Gasteiger partial charge is 0.408 e. The van der Waals surface area contributed by atoms with E-state index in [1.807, 2.05) is 44.2 Å². The van der Waals surface area contributed by atoms with Crippen LogP contribution in [-0.4, -0.2) is 10.9 Å². The maximum absolute atomic E-state index is 12.1. The van der Waals surface area contributed by atoms with Crippen LogP contribution in [0, 0.1) is 13.8 Å². The predicted octanol–water partition coefficient (Wildman–Crippen LogP) is 3.31. The summed E-state index contributed by atoms with van der Waals surface area (Å²) in [7, 11) is 0. The molecule has 5 heteroatoms. The van der Waals surface area contributed by atoms with Gasteiger partial charge in [0, 0.05) is 12.1 Å². The van der Waals surface area contributed by atoms with Gasteiger partial charge in [-0.05, 0) is 55.2 Å². The molecule has 0 aliphatic heterocycles. The Morgan fingerprint density at radius 1 is 1.22 bits per heavy atom. The summed E-state index contributed by atoms with van der Waals surface area (Å²) in [6, 6.07) is 11.3. The van der Waals surface area contributed by atoms with Gasteiger partial charge in [0.2, 0.25) is 5.91 Å². The van der Waals surface area contributed by atoms with E-state index >= 15 is 0 Å². The molecule has 0 atom stereocenters. The molecule has 1 aromatic heterocycles. The molecule has 1 heterocycles. The highest BCUT2D eigenvalue weighted by atomic mass is 16.4. The molecule has 23 heavy (non-hydrogen) atoms. The molecule has 0 bridgehead atoms. The maximum atomic E-state index is 12.1. The first-order chi connectivity index (χ1) is 11.0. The molecule has 1 amide bonds. The van der Waals surface area contributed by atoms with Gasteiger partial charge in [-0.3, -0.25) is 9.78 Å². The lowest BCUT2D eigenvalue weighted by molar-refractivity contribution is -0.116. The highest BCUT2D eigenvalue weighted by Gasteiger charge is 2.08. The fraction of sp³-hybridized carbons (Fsp3) is 0.222. The Labute approximate surface area is 133 Å². The minimum Gasteiger partial charge on any atom is -0.408 e. The Kier molecular flexibility index (Phi) is 4.02. The van der Waals surface area contributed by atoms with Crippen LogP contribution in [0.5, 0.6) is 0 Å². The van der Waals surface area contributed by atoms with Crippen molar-refractivity contribution in [1.29, 1.82) is 0 Å². The Morgan fingerprint density at radius 3 is 2.87 bits per heavy atom. The summed E-state index contributed by atoms with van der Waals surface area (Å²) in [4.78, 5) is 25.9. The monoisotopic (exact) mass is 310 g/mol. The fourth-order valence-electron chi connectivity index (χ4n) is 2.51. The average Bonchev–Trinajstić information content (AvgIpc) is 2.89. The van der Waals surface area contributed by atoms with Gasteiger partial charge in [-0.25, -0.2) is 4.79 Å². The lowest BCUT2D eigenvalue weighted by Crippen LogP contribution is -2.13. The van der Waals surface area contributed by atoms with Crippen molar-refractivity contribution in [2.45, 2.75) is 26.7 Å². The van der Waals surface area contributed by atoms with E-state index in [1.54, 1.807) is 6.07 Å². The highest BCUT2D eigenvalue weighted by molar-refractivity contribution is 5.91. The second-order valence-corrected chi connectivity index (χ2v) is 5.64. The second-order valence-electron chi connectivity index (χ2n) is 5.64. The number of H-pyrrole nitrogens is 1. The normalized spacial score (nSPS) is 10.9. The van der Waals surface area contributed by atoms with Gasteiger partial charge >= 0.3 is 5.76 Å². The third kappa shape index (κ3) is 3.34. The van der Waals surface area contributed by atoms with Crippen molar-refractivity contribution in [3.8, 4) is 0 Å². The summed E-state index contributed by atoms with van der Waals surface area (Å²) in [6.45, 7) is 4.01. The number of nitrogens with one attached hydrogen (secondary N) is 2. The van der Waals surface area contributed by atoms with E-state index in [1.165, 1.54) is 0 Å². The zero-order valence-electron chi connectivity index (χ0n) is 13.1. The zero-order valence-corrected chi connectivity index (χ0v) is 13.1. The summed E-state index contributed by atoms with van der Waals surface area (Å²) in [6.07, 6.45) is 0.973. The number of amides is 1. The van der Waals surface area contributed by atoms with Crippen molar-refractivity contribution in [3.63, 3.8) is 0 Å². The van der Waals surface area contributed by atoms with Crippen LogP contribution in [0.4, 0.5) is 5.69 Å². The Bertz CT molecular complexity index is 921. The summed E-state index contributed by atoms with van der Waals surface area (Å²) in [5, 5.41) is 2.95. The van der Waals surface area contributed by atoms with Crippen molar-refractivity contribution >= 4 is 22.7 Å². The van der Waals surface area contributed by atoms with Gasteiger partial charge in [-0.15, -0.1) is 0 Å². The van der Waals surface area contributed by atoms with Crippen LogP contribution in [-0.2, 0) is 11.2 Å². The molecule has 118 valence electrons. The van der Waals surface area contributed by atoms with E-state index in [2.05, 4.69) is 10.3 Å². The quantitative estimate of drug-likeness (QED) is 0.776. The fourth-order valence-corrected chi connectivity index (χ4v) is 2.51. The van der Waals surface area contributed by atoms with Crippen molar-refractivity contribution < 1.29 is 9.21 Å². The molecule has 0 unspecified atom stereocenters. The molecule has 2 N–H and O–H groups in total. The number of rotatable bonds is 4. The number of aromatic amines is 1. The molecule has 0 fully saturated rings. The van der Waals surface area contributed by atoms with Gasteiger partial charge < -0.3 is 9.73 Å².